The SMILES string of the molecule is C=C(C)CC(NN)C1CCCCC1C(F)(F)F. The summed E-state index contributed by atoms with van der Waals surface area (Å²) in [5.41, 5.74) is 3.40. The van der Waals surface area contributed by atoms with Crippen LogP contribution in [0.4, 0.5) is 13.2 Å². The molecule has 0 aliphatic heterocycles. The number of hydrazine groups is 1. The summed E-state index contributed by atoms with van der Waals surface area (Å²) in [6.07, 6.45) is -1.28. The molecule has 3 N–H and O–H groups in total. The smallest absolute Gasteiger partial charge is 0.271 e. The lowest BCUT2D eigenvalue weighted by Gasteiger charge is -2.38. The highest BCUT2D eigenvalue weighted by molar-refractivity contribution is 4.97. The summed E-state index contributed by atoms with van der Waals surface area (Å²) in [5.74, 6) is 3.75. The number of hydrogen-bond acceptors (Lipinski definition) is 2. The molecule has 5 heteroatoms. The number of halogens is 3. The maximum absolute atomic E-state index is 12.9. The van der Waals surface area contributed by atoms with E-state index < -0.39 is 18.0 Å². The van der Waals surface area contributed by atoms with Crippen LogP contribution in [-0.4, -0.2) is 12.2 Å². The Morgan fingerprint density at radius 1 is 1.41 bits per heavy atom. The third kappa shape index (κ3) is 4.00. The molecule has 3 unspecified atom stereocenters. The van der Waals surface area contributed by atoms with Gasteiger partial charge in [-0.2, -0.15) is 13.2 Å². The fourth-order valence-corrected chi connectivity index (χ4v) is 2.76. The van der Waals surface area contributed by atoms with Gasteiger partial charge in [-0.25, -0.2) is 0 Å². The summed E-state index contributed by atoms with van der Waals surface area (Å²) < 4.78 is 38.8. The van der Waals surface area contributed by atoms with Crippen molar-refractivity contribution >= 4 is 0 Å². The predicted octanol–water partition coefficient (Wildman–Crippen LogP) is 3.15. The first kappa shape index (κ1) is 14.5. The van der Waals surface area contributed by atoms with Crippen LogP contribution in [0.3, 0.4) is 0 Å². The van der Waals surface area contributed by atoms with Crippen LogP contribution >= 0.6 is 0 Å². The highest BCUT2D eigenvalue weighted by atomic mass is 19.4. The Balaban J connectivity index is 2.78. The molecule has 2 nitrogen and oxygen atoms in total. The Kier molecular flexibility index (Phi) is 5.01. The van der Waals surface area contributed by atoms with Gasteiger partial charge < -0.3 is 0 Å². The summed E-state index contributed by atoms with van der Waals surface area (Å²) in [5, 5.41) is 0. The van der Waals surface area contributed by atoms with Crippen molar-refractivity contribution in [3.8, 4) is 0 Å². The molecule has 0 amide bonds. The van der Waals surface area contributed by atoms with Gasteiger partial charge in [0.25, 0.3) is 0 Å². The van der Waals surface area contributed by atoms with Crippen LogP contribution in [0, 0.1) is 11.8 Å². The first-order chi connectivity index (χ1) is 7.86. The van der Waals surface area contributed by atoms with Crippen molar-refractivity contribution in [2.45, 2.75) is 51.2 Å². The molecule has 0 aromatic rings. The summed E-state index contributed by atoms with van der Waals surface area (Å²) in [6, 6.07) is -0.320. The molecule has 0 spiro atoms. The molecule has 0 aromatic heterocycles. The van der Waals surface area contributed by atoms with Crippen LogP contribution in [0.25, 0.3) is 0 Å². The van der Waals surface area contributed by atoms with E-state index in [-0.39, 0.29) is 12.5 Å². The fraction of sp³-hybridized carbons (Fsp3) is 0.833. The molecule has 1 saturated carbocycles. The standard InChI is InChI=1S/C12H21F3N2/c1-8(2)7-11(17-16)9-5-3-4-6-10(9)12(13,14)15/h9-11,17H,1,3-7,16H2,2H3. The predicted molar refractivity (Wildman–Crippen MR) is 62.0 cm³/mol. The van der Waals surface area contributed by atoms with Gasteiger partial charge in [-0.05, 0) is 32.1 Å². The molecule has 0 radical (unpaired) electrons. The van der Waals surface area contributed by atoms with Gasteiger partial charge in [0.2, 0.25) is 0 Å². The zero-order valence-corrected chi connectivity index (χ0v) is 10.2. The van der Waals surface area contributed by atoms with Gasteiger partial charge in [-0.1, -0.05) is 18.4 Å². The van der Waals surface area contributed by atoms with Crippen LogP contribution < -0.4 is 11.3 Å². The van der Waals surface area contributed by atoms with Crippen LogP contribution in [0.2, 0.25) is 0 Å². The van der Waals surface area contributed by atoms with E-state index in [1.54, 1.807) is 0 Å². The van der Waals surface area contributed by atoms with Gasteiger partial charge in [0.05, 0.1) is 5.92 Å². The molecule has 100 valence electrons. The van der Waals surface area contributed by atoms with Crippen molar-refractivity contribution in [1.29, 1.82) is 0 Å². The molecule has 0 aromatic carbocycles. The molecule has 1 rings (SSSR count). The van der Waals surface area contributed by atoms with Crippen molar-refractivity contribution in [2.24, 2.45) is 17.7 Å². The monoisotopic (exact) mass is 250 g/mol. The van der Waals surface area contributed by atoms with Crippen molar-refractivity contribution in [1.82, 2.24) is 5.43 Å². The van der Waals surface area contributed by atoms with E-state index in [9.17, 15) is 13.2 Å². The Morgan fingerprint density at radius 3 is 2.47 bits per heavy atom. The normalized spacial score (nSPS) is 27.8. The lowest BCUT2D eigenvalue weighted by Crippen LogP contribution is -2.48. The molecule has 1 aliphatic rings. The zero-order valence-electron chi connectivity index (χ0n) is 10.2. The minimum Gasteiger partial charge on any atom is -0.271 e. The summed E-state index contributed by atoms with van der Waals surface area (Å²) in [4.78, 5) is 0. The molecular weight excluding hydrogens is 229 g/mol. The minimum absolute atomic E-state index is 0.225. The Hall–Kier alpha value is -0.550. The second-order valence-corrected chi connectivity index (χ2v) is 5.03. The number of hydrogen-bond donors (Lipinski definition) is 2. The van der Waals surface area contributed by atoms with E-state index >= 15 is 0 Å². The van der Waals surface area contributed by atoms with Crippen molar-refractivity contribution in [2.75, 3.05) is 0 Å². The first-order valence-electron chi connectivity index (χ1n) is 6.03. The minimum atomic E-state index is -4.12. The molecular formula is C12H21F3N2. The molecule has 1 fully saturated rings. The maximum Gasteiger partial charge on any atom is 0.392 e. The number of nitrogens with two attached hydrogens (primary N) is 1. The van der Waals surface area contributed by atoms with Gasteiger partial charge in [-0.15, -0.1) is 6.58 Å². The summed E-state index contributed by atoms with van der Waals surface area (Å²) >= 11 is 0. The lowest BCUT2D eigenvalue weighted by molar-refractivity contribution is -0.199. The van der Waals surface area contributed by atoms with Gasteiger partial charge in [0, 0.05) is 6.04 Å². The summed E-state index contributed by atoms with van der Waals surface area (Å²) in [7, 11) is 0. The summed E-state index contributed by atoms with van der Waals surface area (Å²) in [6.45, 7) is 5.56. The Morgan fingerprint density at radius 2 is 2.00 bits per heavy atom. The second-order valence-electron chi connectivity index (χ2n) is 5.03. The van der Waals surface area contributed by atoms with Crippen molar-refractivity contribution < 1.29 is 13.2 Å². The van der Waals surface area contributed by atoms with Crippen molar-refractivity contribution in [3.05, 3.63) is 12.2 Å². The molecule has 17 heavy (non-hydrogen) atoms. The average Bonchev–Trinajstić information content (AvgIpc) is 2.24. The van der Waals surface area contributed by atoms with Crippen molar-refractivity contribution in [3.63, 3.8) is 0 Å². The zero-order chi connectivity index (χ0) is 13.1. The maximum atomic E-state index is 12.9. The van der Waals surface area contributed by atoms with E-state index in [4.69, 9.17) is 5.84 Å². The van der Waals surface area contributed by atoms with Crippen LogP contribution in [0.1, 0.15) is 39.0 Å². The van der Waals surface area contributed by atoms with Crippen LogP contribution in [0.5, 0.6) is 0 Å². The molecule has 1 aliphatic carbocycles. The van der Waals surface area contributed by atoms with E-state index in [0.717, 1.165) is 12.0 Å². The molecule has 0 heterocycles. The van der Waals surface area contributed by atoms with Gasteiger partial charge in [0.1, 0.15) is 0 Å². The topological polar surface area (TPSA) is 38.0 Å². The van der Waals surface area contributed by atoms with Crippen LogP contribution in [-0.2, 0) is 0 Å². The van der Waals surface area contributed by atoms with E-state index in [0.29, 0.717) is 19.3 Å². The molecule has 0 saturated heterocycles. The third-order valence-corrected chi connectivity index (χ3v) is 3.54. The van der Waals surface area contributed by atoms with Crippen LogP contribution in [0.15, 0.2) is 12.2 Å². The fourth-order valence-electron chi connectivity index (χ4n) is 2.76. The van der Waals surface area contributed by atoms with E-state index in [1.807, 2.05) is 6.92 Å². The quantitative estimate of drug-likeness (QED) is 0.457. The average molecular weight is 250 g/mol. The number of alkyl halides is 3. The lowest BCUT2D eigenvalue weighted by atomic mass is 9.73. The Bertz CT molecular complexity index is 263. The van der Waals surface area contributed by atoms with Gasteiger partial charge in [0.15, 0.2) is 0 Å². The highest BCUT2D eigenvalue weighted by Gasteiger charge is 2.47. The van der Waals surface area contributed by atoms with Gasteiger partial charge >= 0.3 is 6.18 Å². The van der Waals surface area contributed by atoms with E-state index in [2.05, 4.69) is 12.0 Å². The molecule has 3 atom stereocenters. The van der Waals surface area contributed by atoms with E-state index in [1.165, 1.54) is 0 Å². The second kappa shape index (κ2) is 5.87. The molecule has 0 bridgehead atoms. The number of nitrogens with one attached hydrogen (secondary N) is 1. The third-order valence-electron chi connectivity index (χ3n) is 3.54. The Labute approximate surface area is 100 Å². The highest BCUT2D eigenvalue weighted by Crippen LogP contribution is 2.43. The number of rotatable bonds is 4. The largest absolute Gasteiger partial charge is 0.392 e. The first-order valence-corrected chi connectivity index (χ1v) is 6.03. The van der Waals surface area contributed by atoms with Gasteiger partial charge in [-0.3, -0.25) is 11.3 Å².